The zero-order chi connectivity index (χ0) is 6.20. The van der Waals surface area contributed by atoms with Crippen LogP contribution in [0, 0.1) is 0 Å². The van der Waals surface area contributed by atoms with E-state index in [1.807, 2.05) is 27.2 Å². The molecular formula is C5H10N3+. The monoisotopic (exact) mass is 112 g/mol. The molecule has 3 nitrogen and oxygen atoms in total. The van der Waals surface area contributed by atoms with Crippen molar-refractivity contribution >= 4 is 0 Å². The zero-order valence-corrected chi connectivity index (χ0v) is 5.42. The summed E-state index contributed by atoms with van der Waals surface area (Å²) in [5, 5.41) is 7.77. The Bertz CT molecular complexity index is 155. The molecule has 0 unspecified atom stereocenters. The van der Waals surface area contributed by atoms with Crippen LogP contribution >= 0.6 is 0 Å². The van der Waals surface area contributed by atoms with Crippen LogP contribution in [0.15, 0.2) is 22.2 Å². The first-order valence-corrected chi connectivity index (χ1v) is 2.56. The maximum absolute atomic E-state index is 3.92. The lowest BCUT2D eigenvalue weighted by Crippen LogP contribution is -2.22. The van der Waals surface area contributed by atoms with E-state index in [0.717, 1.165) is 5.70 Å². The van der Waals surface area contributed by atoms with Gasteiger partial charge in [-0.05, 0) is 6.92 Å². The van der Waals surface area contributed by atoms with Gasteiger partial charge in [0.2, 0.25) is 0 Å². The summed E-state index contributed by atoms with van der Waals surface area (Å²) in [5.74, 6) is 0. The first-order valence-electron chi connectivity index (χ1n) is 2.56. The van der Waals surface area contributed by atoms with Gasteiger partial charge in [-0.2, -0.15) is 4.59 Å². The molecule has 0 N–H and O–H groups in total. The fraction of sp³-hybridized carbons (Fsp3) is 0.600. The molecular weight excluding hydrogens is 102 g/mol. The minimum atomic E-state index is 0.534. The Morgan fingerprint density at radius 2 is 2.12 bits per heavy atom. The largest absolute Gasteiger partial charge is 0.156 e. The van der Waals surface area contributed by atoms with Gasteiger partial charge in [-0.1, -0.05) is 5.11 Å². The lowest BCUT2D eigenvalue weighted by atomic mass is 10.5. The van der Waals surface area contributed by atoms with E-state index >= 15 is 0 Å². The third-order valence-corrected chi connectivity index (χ3v) is 0.936. The average Bonchev–Trinajstić information content (AvgIpc) is 1.82. The van der Waals surface area contributed by atoms with Crippen molar-refractivity contribution in [1.29, 1.82) is 0 Å². The summed E-state index contributed by atoms with van der Waals surface area (Å²) in [6, 6.07) is 0. The first-order chi connectivity index (χ1) is 3.60. The Morgan fingerprint density at radius 3 is 2.25 bits per heavy atom. The van der Waals surface area contributed by atoms with E-state index in [0.29, 0.717) is 4.59 Å². The van der Waals surface area contributed by atoms with Crippen LogP contribution in [-0.2, 0) is 0 Å². The SMILES string of the molecule is CC1=C[N+](C)(C)N=N1. The predicted molar refractivity (Wildman–Crippen MR) is 30.7 cm³/mol. The standard InChI is InChI=1S/C5H10N3/c1-5-4-8(2,3)7-6-5/h4H,1-3H3/q+1. The van der Waals surface area contributed by atoms with E-state index in [-0.39, 0.29) is 0 Å². The predicted octanol–water partition coefficient (Wildman–Crippen LogP) is 1.30. The van der Waals surface area contributed by atoms with Crippen molar-refractivity contribution in [3.63, 3.8) is 0 Å². The lowest BCUT2D eigenvalue weighted by Gasteiger charge is -2.08. The molecule has 1 aliphatic heterocycles. The van der Waals surface area contributed by atoms with Crippen molar-refractivity contribution in [3.05, 3.63) is 11.9 Å². The van der Waals surface area contributed by atoms with Crippen molar-refractivity contribution in [2.24, 2.45) is 10.3 Å². The summed E-state index contributed by atoms with van der Waals surface area (Å²) < 4.78 is 0.534. The van der Waals surface area contributed by atoms with Crippen LogP contribution in [0.2, 0.25) is 0 Å². The Hall–Kier alpha value is -0.700. The first kappa shape index (κ1) is 5.44. The van der Waals surface area contributed by atoms with E-state index in [2.05, 4.69) is 10.3 Å². The molecule has 0 radical (unpaired) electrons. The zero-order valence-electron chi connectivity index (χ0n) is 5.42. The molecule has 0 aromatic heterocycles. The third-order valence-electron chi connectivity index (χ3n) is 0.936. The van der Waals surface area contributed by atoms with E-state index in [1.54, 1.807) is 0 Å². The molecule has 8 heavy (non-hydrogen) atoms. The molecule has 0 aromatic carbocycles. The molecule has 0 saturated carbocycles. The highest BCUT2D eigenvalue weighted by Crippen LogP contribution is 2.14. The van der Waals surface area contributed by atoms with Gasteiger partial charge in [0.25, 0.3) is 0 Å². The molecule has 0 amide bonds. The molecule has 1 rings (SSSR count). The highest BCUT2D eigenvalue weighted by molar-refractivity contribution is 4.90. The summed E-state index contributed by atoms with van der Waals surface area (Å²) >= 11 is 0. The molecule has 0 fully saturated rings. The van der Waals surface area contributed by atoms with Crippen molar-refractivity contribution in [2.75, 3.05) is 14.1 Å². The molecule has 1 heterocycles. The molecule has 0 bridgehead atoms. The van der Waals surface area contributed by atoms with Gasteiger partial charge in [0.05, 0.1) is 14.1 Å². The lowest BCUT2D eigenvalue weighted by molar-refractivity contribution is -0.846. The number of nitrogens with zero attached hydrogens (tertiary/aromatic N) is 3. The van der Waals surface area contributed by atoms with Crippen molar-refractivity contribution in [1.82, 2.24) is 0 Å². The van der Waals surface area contributed by atoms with Crippen LogP contribution < -0.4 is 0 Å². The van der Waals surface area contributed by atoms with Gasteiger partial charge in [-0.3, -0.25) is 0 Å². The molecule has 3 heteroatoms. The number of allylic oxidation sites excluding steroid dienone is 1. The van der Waals surface area contributed by atoms with Crippen LogP contribution in [0.1, 0.15) is 6.92 Å². The average molecular weight is 112 g/mol. The van der Waals surface area contributed by atoms with Gasteiger partial charge in [-0.25, -0.2) is 0 Å². The second-order valence-electron chi connectivity index (χ2n) is 2.44. The summed E-state index contributed by atoms with van der Waals surface area (Å²) in [7, 11) is 3.94. The molecule has 0 aliphatic carbocycles. The van der Waals surface area contributed by atoms with Crippen LogP contribution in [0.4, 0.5) is 0 Å². The quantitative estimate of drug-likeness (QED) is 0.422. The fourth-order valence-electron chi connectivity index (χ4n) is 0.695. The minimum absolute atomic E-state index is 0.534. The van der Waals surface area contributed by atoms with Gasteiger partial charge >= 0.3 is 0 Å². The summed E-state index contributed by atoms with van der Waals surface area (Å²) in [5.41, 5.74) is 0.995. The summed E-state index contributed by atoms with van der Waals surface area (Å²) in [4.78, 5) is 0. The van der Waals surface area contributed by atoms with Crippen molar-refractivity contribution in [3.8, 4) is 0 Å². The van der Waals surface area contributed by atoms with Gasteiger partial charge in [0, 0.05) is 5.22 Å². The van der Waals surface area contributed by atoms with Crippen LogP contribution in [-0.4, -0.2) is 18.7 Å². The molecule has 0 aromatic rings. The molecule has 44 valence electrons. The fourth-order valence-corrected chi connectivity index (χ4v) is 0.695. The summed E-state index contributed by atoms with van der Waals surface area (Å²) in [6.07, 6.45) is 1.99. The van der Waals surface area contributed by atoms with Crippen LogP contribution in [0.25, 0.3) is 0 Å². The van der Waals surface area contributed by atoms with Gasteiger partial charge < -0.3 is 0 Å². The van der Waals surface area contributed by atoms with Crippen LogP contribution in [0.3, 0.4) is 0 Å². The molecule has 0 saturated heterocycles. The minimum Gasteiger partial charge on any atom is -0.156 e. The topological polar surface area (TPSA) is 24.7 Å². The molecule has 1 aliphatic rings. The highest BCUT2D eigenvalue weighted by Gasteiger charge is 2.16. The van der Waals surface area contributed by atoms with Gasteiger partial charge in [-0.15, -0.1) is 0 Å². The Balaban J connectivity index is 2.84. The second-order valence-corrected chi connectivity index (χ2v) is 2.44. The number of quaternary nitrogens is 1. The van der Waals surface area contributed by atoms with E-state index < -0.39 is 0 Å². The smallest absolute Gasteiger partial charge is 0.147 e. The number of hydrogen-bond acceptors (Lipinski definition) is 2. The molecule has 0 atom stereocenters. The second kappa shape index (κ2) is 1.39. The van der Waals surface area contributed by atoms with E-state index in [9.17, 15) is 0 Å². The van der Waals surface area contributed by atoms with Crippen LogP contribution in [0.5, 0.6) is 0 Å². The maximum atomic E-state index is 3.92. The normalized spacial score (nSPS) is 23.6. The Morgan fingerprint density at radius 1 is 1.50 bits per heavy atom. The molecule has 0 spiro atoms. The van der Waals surface area contributed by atoms with Gasteiger partial charge in [0.15, 0.2) is 0 Å². The third kappa shape index (κ3) is 0.924. The Kier molecular flexibility index (Phi) is 0.942. The van der Waals surface area contributed by atoms with Gasteiger partial charge in [0.1, 0.15) is 11.9 Å². The number of hydrogen-bond donors (Lipinski definition) is 0. The highest BCUT2D eigenvalue weighted by atomic mass is 15.7. The van der Waals surface area contributed by atoms with Crippen molar-refractivity contribution in [2.45, 2.75) is 6.92 Å². The van der Waals surface area contributed by atoms with E-state index in [4.69, 9.17) is 0 Å². The van der Waals surface area contributed by atoms with Crippen molar-refractivity contribution < 1.29 is 4.59 Å². The number of rotatable bonds is 0. The Labute approximate surface area is 48.9 Å². The summed E-state index contributed by atoms with van der Waals surface area (Å²) in [6.45, 7) is 1.94. The van der Waals surface area contributed by atoms with E-state index in [1.165, 1.54) is 0 Å². The maximum Gasteiger partial charge on any atom is 0.147 e.